The fourth-order valence-electron chi connectivity index (χ4n) is 2.15. The fraction of sp³-hybridized carbons (Fsp3) is 0.385. The van der Waals surface area contributed by atoms with Gasteiger partial charge in [-0.1, -0.05) is 0 Å². The number of carboxylic acid groups (broad SMARTS) is 1. The van der Waals surface area contributed by atoms with Crippen LogP contribution >= 0.6 is 0 Å². The SMILES string of the molecule is COC(=O)NC1CCN(c2ccc(C(=O)O)cc2)C1. The Morgan fingerprint density at radius 2 is 2.05 bits per heavy atom. The summed E-state index contributed by atoms with van der Waals surface area (Å²) in [5.74, 6) is -0.932. The van der Waals surface area contributed by atoms with Crippen molar-refractivity contribution in [3.8, 4) is 0 Å². The van der Waals surface area contributed by atoms with Gasteiger partial charge in [-0.3, -0.25) is 0 Å². The van der Waals surface area contributed by atoms with Gasteiger partial charge in [0.05, 0.1) is 18.7 Å². The molecule has 1 amide bonds. The van der Waals surface area contributed by atoms with Crippen LogP contribution in [-0.4, -0.2) is 43.4 Å². The summed E-state index contributed by atoms with van der Waals surface area (Å²) in [4.78, 5) is 24.0. The van der Waals surface area contributed by atoms with Gasteiger partial charge in [-0.15, -0.1) is 0 Å². The fourth-order valence-corrected chi connectivity index (χ4v) is 2.15. The first kappa shape index (κ1) is 13.2. The van der Waals surface area contributed by atoms with Crippen LogP contribution in [0.25, 0.3) is 0 Å². The minimum absolute atomic E-state index is 0.0617. The van der Waals surface area contributed by atoms with Crippen molar-refractivity contribution < 1.29 is 19.4 Å². The Morgan fingerprint density at radius 3 is 2.63 bits per heavy atom. The first-order valence-electron chi connectivity index (χ1n) is 6.03. The van der Waals surface area contributed by atoms with Crippen LogP contribution in [0.3, 0.4) is 0 Å². The number of amides is 1. The number of carboxylic acids is 1. The number of aromatic carboxylic acids is 1. The third-order valence-electron chi connectivity index (χ3n) is 3.18. The predicted octanol–water partition coefficient (Wildman–Crippen LogP) is 1.32. The minimum atomic E-state index is -0.932. The Labute approximate surface area is 111 Å². The number of ether oxygens (including phenoxy) is 1. The van der Waals surface area contributed by atoms with Gasteiger partial charge in [0.15, 0.2) is 0 Å². The highest BCUT2D eigenvalue weighted by Crippen LogP contribution is 2.21. The van der Waals surface area contributed by atoms with E-state index in [9.17, 15) is 9.59 Å². The van der Waals surface area contributed by atoms with Gasteiger partial charge in [0, 0.05) is 18.8 Å². The van der Waals surface area contributed by atoms with Crippen molar-refractivity contribution in [1.82, 2.24) is 5.32 Å². The van der Waals surface area contributed by atoms with Crippen LogP contribution in [0.2, 0.25) is 0 Å². The summed E-state index contributed by atoms with van der Waals surface area (Å²) in [6.07, 6.45) is 0.420. The monoisotopic (exact) mass is 264 g/mol. The van der Waals surface area contributed by atoms with E-state index in [1.54, 1.807) is 24.3 Å². The molecule has 1 aliphatic heterocycles. The molecule has 1 saturated heterocycles. The van der Waals surface area contributed by atoms with E-state index >= 15 is 0 Å². The molecule has 0 spiro atoms. The van der Waals surface area contributed by atoms with E-state index in [0.717, 1.165) is 18.7 Å². The normalized spacial score (nSPS) is 18.2. The number of carbonyl (C=O) groups excluding carboxylic acids is 1. The molecule has 1 unspecified atom stereocenters. The second-order valence-corrected chi connectivity index (χ2v) is 4.42. The molecule has 1 aromatic rings. The number of alkyl carbamates (subject to hydrolysis) is 1. The van der Waals surface area contributed by atoms with E-state index < -0.39 is 12.1 Å². The number of anilines is 1. The average molecular weight is 264 g/mol. The second-order valence-electron chi connectivity index (χ2n) is 4.42. The Morgan fingerprint density at radius 1 is 1.37 bits per heavy atom. The third-order valence-corrected chi connectivity index (χ3v) is 3.18. The predicted molar refractivity (Wildman–Crippen MR) is 69.6 cm³/mol. The number of benzene rings is 1. The molecule has 1 aromatic carbocycles. The highest BCUT2D eigenvalue weighted by atomic mass is 16.5. The van der Waals surface area contributed by atoms with Crippen LogP contribution in [0.4, 0.5) is 10.5 Å². The Kier molecular flexibility index (Phi) is 3.89. The van der Waals surface area contributed by atoms with Crippen molar-refractivity contribution in [3.63, 3.8) is 0 Å². The highest BCUT2D eigenvalue weighted by Gasteiger charge is 2.24. The van der Waals surface area contributed by atoms with Crippen LogP contribution in [0, 0.1) is 0 Å². The number of hydrogen-bond donors (Lipinski definition) is 2. The molecule has 1 aliphatic rings. The zero-order valence-electron chi connectivity index (χ0n) is 10.6. The maximum absolute atomic E-state index is 11.1. The van der Waals surface area contributed by atoms with Crippen LogP contribution < -0.4 is 10.2 Å². The number of carbonyl (C=O) groups is 2. The van der Waals surface area contributed by atoms with Gasteiger partial charge in [0.1, 0.15) is 0 Å². The van der Waals surface area contributed by atoms with Gasteiger partial charge in [-0.05, 0) is 30.7 Å². The molecular weight excluding hydrogens is 248 g/mol. The summed E-state index contributed by atoms with van der Waals surface area (Å²) in [6, 6.07) is 6.79. The summed E-state index contributed by atoms with van der Waals surface area (Å²) in [7, 11) is 1.34. The molecule has 0 radical (unpaired) electrons. The highest BCUT2D eigenvalue weighted by molar-refractivity contribution is 5.88. The second kappa shape index (κ2) is 5.60. The zero-order valence-corrected chi connectivity index (χ0v) is 10.6. The number of rotatable bonds is 3. The molecule has 0 bridgehead atoms. The molecule has 1 atom stereocenters. The lowest BCUT2D eigenvalue weighted by Gasteiger charge is -2.19. The van der Waals surface area contributed by atoms with Crippen LogP contribution in [0.1, 0.15) is 16.8 Å². The standard InChI is InChI=1S/C13H16N2O4/c1-19-13(18)14-10-6-7-15(8-10)11-4-2-9(3-5-11)12(16)17/h2-5,10H,6-8H2,1H3,(H,14,18)(H,16,17). The molecule has 102 valence electrons. The molecule has 0 saturated carbocycles. The smallest absolute Gasteiger partial charge is 0.407 e. The zero-order chi connectivity index (χ0) is 13.8. The number of nitrogens with zero attached hydrogens (tertiary/aromatic N) is 1. The molecule has 19 heavy (non-hydrogen) atoms. The lowest BCUT2D eigenvalue weighted by atomic mass is 10.2. The van der Waals surface area contributed by atoms with Crippen LogP contribution in [0.15, 0.2) is 24.3 Å². The van der Waals surface area contributed by atoms with E-state index in [0.29, 0.717) is 6.54 Å². The summed E-state index contributed by atoms with van der Waals surface area (Å²) in [6.45, 7) is 1.52. The average Bonchev–Trinajstić information content (AvgIpc) is 2.87. The Hall–Kier alpha value is -2.24. The largest absolute Gasteiger partial charge is 0.478 e. The van der Waals surface area contributed by atoms with E-state index in [1.165, 1.54) is 7.11 Å². The lowest BCUT2D eigenvalue weighted by Crippen LogP contribution is -2.36. The topological polar surface area (TPSA) is 78.9 Å². The quantitative estimate of drug-likeness (QED) is 0.860. The molecule has 0 aromatic heterocycles. The van der Waals surface area contributed by atoms with Gasteiger partial charge < -0.3 is 20.1 Å². The van der Waals surface area contributed by atoms with Crippen molar-refractivity contribution in [1.29, 1.82) is 0 Å². The molecule has 2 rings (SSSR count). The van der Waals surface area contributed by atoms with Crippen molar-refractivity contribution in [2.24, 2.45) is 0 Å². The molecule has 1 heterocycles. The maximum Gasteiger partial charge on any atom is 0.407 e. The molecular formula is C13H16N2O4. The van der Waals surface area contributed by atoms with Gasteiger partial charge in [-0.2, -0.15) is 0 Å². The van der Waals surface area contributed by atoms with E-state index in [1.807, 2.05) is 0 Å². The van der Waals surface area contributed by atoms with E-state index in [2.05, 4.69) is 15.0 Å². The third kappa shape index (κ3) is 3.15. The van der Waals surface area contributed by atoms with Crippen molar-refractivity contribution >= 4 is 17.7 Å². The first-order valence-corrected chi connectivity index (χ1v) is 6.03. The molecule has 0 aliphatic carbocycles. The summed E-state index contributed by atoms with van der Waals surface area (Å²) in [5, 5.41) is 11.6. The van der Waals surface area contributed by atoms with Crippen molar-refractivity contribution in [2.75, 3.05) is 25.1 Å². The summed E-state index contributed by atoms with van der Waals surface area (Å²) >= 11 is 0. The molecule has 1 fully saturated rings. The lowest BCUT2D eigenvalue weighted by molar-refractivity contribution is 0.0697. The Balaban J connectivity index is 1.96. The van der Waals surface area contributed by atoms with E-state index in [4.69, 9.17) is 5.11 Å². The van der Waals surface area contributed by atoms with Crippen LogP contribution in [0.5, 0.6) is 0 Å². The molecule has 2 N–H and O–H groups in total. The number of hydrogen-bond acceptors (Lipinski definition) is 4. The minimum Gasteiger partial charge on any atom is -0.478 e. The van der Waals surface area contributed by atoms with Gasteiger partial charge in [-0.25, -0.2) is 9.59 Å². The van der Waals surface area contributed by atoms with E-state index in [-0.39, 0.29) is 11.6 Å². The summed E-state index contributed by atoms with van der Waals surface area (Å²) < 4.78 is 4.56. The van der Waals surface area contributed by atoms with Crippen molar-refractivity contribution in [3.05, 3.63) is 29.8 Å². The number of methoxy groups -OCH3 is 1. The van der Waals surface area contributed by atoms with Crippen LogP contribution in [-0.2, 0) is 4.74 Å². The molecule has 6 heteroatoms. The van der Waals surface area contributed by atoms with Crippen molar-refractivity contribution in [2.45, 2.75) is 12.5 Å². The van der Waals surface area contributed by atoms with Gasteiger partial charge in [0.25, 0.3) is 0 Å². The first-order chi connectivity index (χ1) is 9.10. The maximum atomic E-state index is 11.1. The molecule has 6 nitrogen and oxygen atoms in total. The Bertz CT molecular complexity index is 472. The van der Waals surface area contributed by atoms with Gasteiger partial charge in [0.2, 0.25) is 0 Å². The summed E-state index contributed by atoms with van der Waals surface area (Å²) in [5.41, 5.74) is 1.23. The number of nitrogens with one attached hydrogen (secondary N) is 1. The van der Waals surface area contributed by atoms with Gasteiger partial charge >= 0.3 is 12.1 Å².